The van der Waals surface area contributed by atoms with Crippen molar-refractivity contribution in [2.24, 2.45) is 5.92 Å². The second-order valence-electron chi connectivity index (χ2n) is 4.73. The van der Waals surface area contributed by atoms with Gasteiger partial charge in [-0.25, -0.2) is 0 Å². The topological polar surface area (TPSA) is 50.4 Å². The van der Waals surface area contributed by atoms with Crippen LogP contribution in [0, 0.1) is 5.92 Å². The molecule has 1 aromatic carbocycles. The SMILES string of the molecule is CNC(C)C(=O)Nc1cccc(OCC(C)C)c1. The second kappa shape index (κ2) is 7.01. The summed E-state index contributed by atoms with van der Waals surface area (Å²) < 4.78 is 5.61. The van der Waals surface area contributed by atoms with Crippen LogP contribution in [0.4, 0.5) is 5.69 Å². The van der Waals surface area contributed by atoms with Gasteiger partial charge in [-0.3, -0.25) is 4.79 Å². The summed E-state index contributed by atoms with van der Waals surface area (Å²) in [5.74, 6) is 1.20. The first kappa shape index (κ1) is 14.5. The molecule has 0 aliphatic carbocycles. The van der Waals surface area contributed by atoms with Gasteiger partial charge in [0.2, 0.25) is 5.91 Å². The van der Waals surface area contributed by atoms with Gasteiger partial charge in [-0.15, -0.1) is 0 Å². The van der Waals surface area contributed by atoms with E-state index in [2.05, 4.69) is 24.5 Å². The zero-order valence-corrected chi connectivity index (χ0v) is 11.5. The van der Waals surface area contributed by atoms with E-state index in [-0.39, 0.29) is 11.9 Å². The second-order valence-corrected chi connectivity index (χ2v) is 4.73. The average Bonchev–Trinajstić information content (AvgIpc) is 2.35. The lowest BCUT2D eigenvalue weighted by molar-refractivity contribution is -0.117. The van der Waals surface area contributed by atoms with E-state index >= 15 is 0 Å². The molecule has 0 aliphatic rings. The van der Waals surface area contributed by atoms with Crippen molar-refractivity contribution < 1.29 is 9.53 Å². The molecule has 0 saturated carbocycles. The number of rotatable bonds is 6. The van der Waals surface area contributed by atoms with Gasteiger partial charge in [0.1, 0.15) is 5.75 Å². The first-order valence-corrected chi connectivity index (χ1v) is 6.24. The minimum absolute atomic E-state index is 0.0569. The van der Waals surface area contributed by atoms with Crippen molar-refractivity contribution >= 4 is 11.6 Å². The normalized spacial score (nSPS) is 12.3. The van der Waals surface area contributed by atoms with Crippen LogP contribution in [0.5, 0.6) is 5.75 Å². The first-order valence-electron chi connectivity index (χ1n) is 6.24. The van der Waals surface area contributed by atoms with E-state index in [0.29, 0.717) is 12.5 Å². The van der Waals surface area contributed by atoms with Crippen LogP contribution in [0.3, 0.4) is 0 Å². The van der Waals surface area contributed by atoms with Crippen LogP contribution in [-0.2, 0) is 4.79 Å². The molecule has 1 rings (SSSR count). The lowest BCUT2D eigenvalue weighted by Gasteiger charge is -2.13. The van der Waals surface area contributed by atoms with E-state index in [1.165, 1.54) is 0 Å². The summed E-state index contributed by atoms with van der Waals surface area (Å²) in [6.45, 7) is 6.68. The molecule has 4 nitrogen and oxygen atoms in total. The van der Waals surface area contributed by atoms with E-state index in [1.807, 2.05) is 31.2 Å². The molecule has 4 heteroatoms. The molecular formula is C14H22N2O2. The highest BCUT2D eigenvalue weighted by atomic mass is 16.5. The Bertz CT molecular complexity index is 391. The number of ether oxygens (including phenoxy) is 1. The van der Waals surface area contributed by atoms with E-state index in [1.54, 1.807) is 7.05 Å². The number of anilines is 1. The Morgan fingerprint density at radius 3 is 2.67 bits per heavy atom. The van der Waals surface area contributed by atoms with Crippen LogP contribution in [0.25, 0.3) is 0 Å². The standard InChI is InChI=1S/C14H22N2O2/c1-10(2)9-18-13-7-5-6-12(8-13)16-14(17)11(3)15-4/h5-8,10-11,15H,9H2,1-4H3,(H,16,17). The maximum atomic E-state index is 11.7. The van der Waals surface area contributed by atoms with Gasteiger partial charge in [0.05, 0.1) is 12.6 Å². The maximum absolute atomic E-state index is 11.7. The highest BCUT2D eigenvalue weighted by Gasteiger charge is 2.10. The van der Waals surface area contributed by atoms with Gasteiger partial charge in [-0.2, -0.15) is 0 Å². The number of amides is 1. The number of hydrogen-bond donors (Lipinski definition) is 2. The van der Waals surface area contributed by atoms with Crippen LogP contribution >= 0.6 is 0 Å². The maximum Gasteiger partial charge on any atom is 0.241 e. The average molecular weight is 250 g/mol. The Hall–Kier alpha value is -1.55. The summed E-state index contributed by atoms with van der Waals surface area (Å²) in [7, 11) is 1.76. The fourth-order valence-electron chi connectivity index (χ4n) is 1.31. The summed E-state index contributed by atoms with van der Waals surface area (Å²) in [5, 5.41) is 5.74. The zero-order valence-electron chi connectivity index (χ0n) is 11.5. The molecule has 0 aliphatic heterocycles. The van der Waals surface area contributed by atoms with E-state index < -0.39 is 0 Å². The Kier molecular flexibility index (Phi) is 5.65. The lowest BCUT2D eigenvalue weighted by Crippen LogP contribution is -2.35. The summed E-state index contributed by atoms with van der Waals surface area (Å²) in [6.07, 6.45) is 0. The molecule has 0 aromatic heterocycles. The number of carbonyl (C=O) groups is 1. The monoisotopic (exact) mass is 250 g/mol. The molecule has 0 bridgehead atoms. The number of carbonyl (C=O) groups excluding carboxylic acids is 1. The molecule has 1 aromatic rings. The van der Waals surface area contributed by atoms with Crippen LogP contribution in [0.15, 0.2) is 24.3 Å². The van der Waals surface area contributed by atoms with E-state index in [0.717, 1.165) is 11.4 Å². The van der Waals surface area contributed by atoms with Crippen molar-refractivity contribution in [3.8, 4) is 5.75 Å². The largest absolute Gasteiger partial charge is 0.493 e. The molecule has 0 saturated heterocycles. The fraction of sp³-hybridized carbons (Fsp3) is 0.500. The lowest BCUT2D eigenvalue weighted by atomic mass is 10.2. The molecule has 100 valence electrons. The summed E-state index contributed by atoms with van der Waals surface area (Å²) in [5.41, 5.74) is 0.753. The van der Waals surface area contributed by atoms with Crippen LogP contribution in [-0.4, -0.2) is 25.6 Å². The predicted molar refractivity (Wildman–Crippen MR) is 73.9 cm³/mol. The highest BCUT2D eigenvalue weighted by molar-refractivity contribution is 5.94. The molecule has 1 amide bonds. The van der Waals surface area contributed by atoms with Gasteiger partial charge >= 0.3 is 0 Å². The van der Waals surface area contributed by atoms with Crippen molar-refractivity contribution in [3.63, 3.8) is 0 Å². The summed E-state index contributed by atoms with van der Waals surface area (Å²) >= 11 is 0. The third-order valence-corrected chi connectivity index (χ3v) is 2.51. The number of benzene rings is 1. The van der Waals surface area contributed by atoms with Gasteiger partial charge in [0.25, 0.3) is 0 Å². The molecule has 0 spiro atoms. The zero-order chi connectivity index (χ0) is 13.5. The van der Waals surface area contributed by atoms with Crippen LogP contribution in [0.1, 0.15) is 20.8 Å². The number of nitrogens with one attached hydrogen (secondary N) is 2. The minimum Gasteiger partial charge on any atom is -0.493 e. The molecule has 0 fully saturated rings. The molecule has 2 N–H and O–H groups in total. The van der Waals surface area contributed by atoms with Gasteiger partial charge in [0.15, 0.2) is 0 Å². The van der Waals surface area contributed by atoms with Crippen molar-refractivity contribution in [2.45, 2.75) is 26.8 Å². The minimum atomic E-state index is -0.217. The third-order valence-electron chi connectivity index (χ3n) is 2.51. The molecular weight excluding hydrogens is 228 g/mol. The quantitative estimate of drug-likeness (QED) is 0.814. The Labute approximate surface area is 109 Å². The van der Waals surface area contributed by atoms with E-state index in [4.69, 9.17) is 4.74 Å². The molecule has 0 heterocycles. The Morgan fingerprint density at radius 1 is 1.33 bits per heavy atom. The first-order chi connectivity index (χ1) is 8.52. The van der Waals surface area contributed by atoms with Crippen molar-refractivity contribution in [1.82, 2.24) is 5.32 Å². The van der Waals surface area contributed by atoms with Crippen LogP contribution < -0.4 is 15.4 Å². The smallest absolute Gasteiger partial charge is 0.241 e. The van der Waals surface area contributed by atoms with Crippen molar-refractivity contribution in [3.05, 3.63) is 24.3 Å². The summed E-state index contributed by atoms with van der Waals surface area (Å²) in [6, 6.07) is 7.23. The van der Waals surface area contributed by atoms with Crippen LogP contribution in [0.2, 0.25) is 0 Å². The van der Waals surface area contributed by atoms with Gasteiger partial charge < -0.3 is 15.4 Å². The highest BCUT2D eigenvalue weighted by Crippen LogP contribution is 2.18. The van der Waals surface area contributed by atoms with Gasteiger partial charge in [0, 0.05) is 11.8 Å². The summed E-state index contributed by atoms with van der Waals surface area (Å²) in [4.78, 5) is 11.7. The predicted octanol–water partition coefficient (Wildman–Crippen LogP) is 2.27. The fourth-order valence-corrected chi connectivity index (χ4v) is 1.31. The number of hydrogen-bond acceptors (Lipinski definition) is 3. The van der Waals surface area contributed by atoms with E-state index in [9.17, 15) is 4.79 Å². The molecule has 18 heavy (non-hydrogen) atoms. The Morgan fingerprint density at radius 2 is 2.06 bits per heavy atom. The molecule has 0 radical (unpaired) electrons. The van der Waals surface area contributed by atoms with Gasteiger partial charge in [-0.1, -0.05) is 19.9 Å². The van der Waals surface area contributed by atoms with Gasteiger partial charge in [-0.05, 0) is 32.0 Å². The molecule has 1 atom stereocenters. The van der Waals surface area contributed by atoms with Crippen molar-refractivity contribution in [2.75, 3.05) is 19.0 Å². The number of likely N-dealkylation sites (N-methyl/N-ethyl adjacent to an activating group) is 1. The van der Waals surface area contributed by atoms with Crippen molar-refractivity contribution in [1.29, 1.82) is 0 Å². The third kappa shape index (κ3) is 4.75. The molecule has 1 unspecified atom stereocenters. The Balaban J connectivity index is 2.61.